The van der Waals surface area contributed by atoms with E-state index in [4.69, 9.17) is 23.2 Å². The van der Waals surface area contributed by atoms with Crippen LogP contribution >= 0.6 is 35.6 Å². The van der Waals surface area contributed by atoms with E-state index in [0.717, 1.165) is 5.69 Å². The topological polar surface area (TPSA) is 54.9 Å². The van der Waals surface area contributed by atoms with Gasteiger partial charge in [0, 0.05) is 17.3 Å². The van der Waals surface area contributed by atoms with Gasteiger partial charge in [-0.1, -0.05) is 11.6 Å². The highest BCUT2D eigenvalue weighted by Gasteiger charge is 2.02. The molecule has 0 saturated heterocycles. The monoisotopic (exact) mass is 303 g/mol. The Balaban J connectivity index is 0.00000162. The van der Waals surface area contributed by atoms with Crippen molar-refractivity contribution in [3.05, 3.63) is 47.4 Å². The number of nitrogens with one attached hydrogen (secondary N) is 1. The molecule has 18 heavy (non-hydrogen) atoms. The highest BCUT2D eigenvalue weighted by atomic mass is 35.5. The van der Waals surface area contributed by atoms with Crippen LogP contribution in [0.5, 0.6) is 0 Å². The zero-order chi connectivity index (χ0) is 12.3. The largest absolute Gasteiger partial charge is 0.340 e. The predicted octanol–water partition coefficient (Wildman–Crippen LogP) is 3.67. The van der Waals surface area contributed by atoms with Crippen LogP contribution in [0.1, 0.15) is 10.4 Å². The number of anilines is 2. The van der Waals surface area contributed by atoms with Gasteiger partial charge in [0.05, 0.1) is 0 Å². The van der Waals surface area contributed by atoms with E-state index >= 15 is 0 Å². The number of carbonyl (C=O) groups is 1. The van der Waals surface area contributed by atoms with Gasteiger partial charge in [0.15, 0.2) is 0 Å². The van der Waals surface area contributed by atoms with Crippen molar-refractivity contribution in [2.75, 3.05) is 5.32 Å². The van der Waals surface area contributed by atoms with E-state index in [9.17, 15) is 4.79 Å². The zero-order valence-electron chi connectivity index (χ0n) is 8.93. The lowest BCUT2D eigenvalue weighted by Crippen LogP contribution is -1.95. The third kappa shape index (κ3) is 3.84. The second kappa shape index (κ2) is 6.54. The first kappa shape index (κ1) is 14.7. The molecule has 0 aliphatic rings. The molecular weight excluding hydrogens is 297 g/mol. The van der Waals surface area contributed by atoms with Crippen molar-refractivity contribution in [2.24, 2.45) is 0 Å². The number of benzene rings is 1. The van der Waals surface area contributed by atoms with Gasteiger partial charge in [-0.25, -0.2) is 9.97 Å². The quantitative estimate of drug-likeness (QED) is 0.694. The Hall–Kier alpha value is -1.36. The first-order valence-electron chi connectivity index (χ1n) is 4.69. The van der Waals surface area contributed by atoms with Crippen LogP contribution in [-0.4, -0.2) is 15.2 Å². The van der Waals surface area contributed by atoms with Gasteiger partial charge in [0.2, 0.25) is 0 Å². The molecule has 1 aromatic heterocycles. The summed E-state index contributed by atoms with van der Waals surface area (Å²) in [5.41, 5.74) is 1.22. The van der Waals surface area contributed by atoms with Crippen LogP contribution < -0.4 is 5.32 Å². The lowest BCUT2D eigenvalue weighted by molar-refractivity contribution is 0.108. The molecule has 7 heteroatoms. The first-order chi connectivity index (χ1) is 8.15. The average Bonchev–Trinajstić information content (AvgIpc) is 2.29. The van der Waals surface area contributed by atoms with Gasteiger partial charge in [-0.2, -0.15) is 0 Å². The summed E-state index contributed by atoms with van der Waals surface area (Å²) in [4.78, 5) is 18.6. The molecule has 0 atom stereocenters. The molecule has 1 N–H and O–H groups in total. The van der Waals surface area contributed by atoms with Crippen molar-refractivity contribution >= 4 is 52.4 Å². The smallest absolute Gasteiger partial charge is 0.252 e. The summed E-state index contributed by atoms with van der Waals surface area (Å²) in [7, 11) is 0. The lowest BCUT2D eigenvalue weighted by atomic mass is 10.2. The van der Waals surface area contributed by atoms with Gasteiger partial charge in [0.1, 0.15) is 17.3 Å². The molecule has 0 saturated carbocycles. The fraction of sp³-hybridized carbons (Fsp3) is 0. The van der Waals surface area contributed by atoms with Gasteiger partial charge in [0.25, 0.3) is 5.24 Å². The molecule has 0 aliphatic heterocycles. The van der Waals surface area contributed by atoms with Crippen LogP contribution in [0.3, 0.4) is 0 Å². The third-order valence-electron chi connectivity index (χ3n) is 2.02. The Morgan fingerprint density at radius 2 is 1.83 bits per heavy atom. The van der Waals surface area contributed by atoms with Crippen molar-refractivity contribution in [2.45, 2.75) is 0 Å². The fourth-order valence-corrected chi connectivity index (χ4v) is 1.51. The van der Waals surface area contributed by atoms with Gasteiger partial charge in [-0.15, -0.1) is 12.4 Å². The number of hydrogen-bond acceptors (Lipinski definition) is 4. The van der Waals surface area contributed by atoms with Crippen LogP contribution in [0.2, 0.25) is 5.15 Å². The summed E-state index contributed by atoms with van der Waals surface area (Å²) in [5.74, 6) is 0.579. The molecule has 0 unspecified atom stereocenters. The minimum Gasteiger partial charge on any atom is -0.340 e. The SMILES string of the molecule is Cl.O=C(Cl)c1ccc(Nc2cc(Cl)ncn2)cc1. The normalized spacial score (nSPS) is 9.44. The van der Waals surface area contributed by atoms with Crippen LogP contribution in [0, 0.1) is 0 Å². The molecule has 94 valence electrons. The van der Waals surface area contributed by atoms with Gasteiger partial charge in [-0.05, 0) is 35.9 Å². The lowest BCUT2D eigenvalue weighted by Gasteiger charge is -2.05. The second-order valence-electron chi connectivity index (χ2n) is 3.20. The highest BCUT2D eigenvalue weighted by Crippen LogP contribution is 2.17. The van der Waals surface area contributed by atoms with E-state index in [1.807, 2.05) is 0 Å². The Bertz CT molecular complexity index is 545. The van der Waals surface area contributed by atoms with Crippen molar-refractivity contribution < 1.29 is 4.79 Å². The number of nitrogens with zero attached hydrogens (tertiary/aromatic N) is 2. The van der Waals surface area contributed by atoms with Crippen LogP contribution in [0.25, 0.3) is 0 Å². The summed E-state index contributed by atoms with van der Waals surface area (Å²) < 4.78 is 0. The number of carbonyl (C=O) groups excluding carboxylic acids is 1. The maximum Gasteiger partial charge on any atom is 0.252 e. The summed E-state index contributed by atoms with van der Waals surface area (Å²) >= 11 is 11.1. The van der Waals surface area contributed by atoms with Gasteiger partial charge < -0.3 is 5.32 Å². The van der Waals surface area contributed by atoms with Crippen molar-refractivity contribution in [1.29, 1.82) is 0 Å². The van der Waals surface area contributed by atoms with Crippen LogP contribution in [0.4, 0.5) is 11.5 Å². The maximum absolute atomic E-state index is 10.9. The van der Waals surface area contributed by atoms with E-state index in [-0.39, 0.29) is 12.4 Å². The zero-order valence-corrected chi connectivity index (χ0v) is 11.3. The fourth-order valence-electron chi connectivity index (χ4n) is 1.23. The minimum absolute atomic E-state index is 0. The number of aromatic nitrogens is 2. The summed E-state index contributed by atoms with van der Waals surface area (Å²) in [5, 5.41) is 2.89. The second-order valence-corrected chi connectivity index (χ2v) is 3.93. The standard InChI is InChI=1S/C11H7Cl2N3O.ClH/c12-9-5-10(15-6-14-9)16-8-3-1-7(2-4-8)11(13)17;/h1-6H,(H,14,15,16);1H. The van der Waals surface area contributed by atoms with E-state index in [2.05, 4.69) is 15.3 Å². The molecule has 0 aliphatic carbocycles. The van der Waals surface area contributed by atoms with E-state index < -0.39 is 5.24 Å². The van der Waals surface area contributed by atoms with Crippen LogP contribution in [-0.2, 0) is 0 Å². The molecule has 1 heterocycles. The molecule has 1 aromatic carbocycles. The van der Waals surface area contributed by atoms with Crippen molar-refractivity contribution in [1.82, 2.24) is 9.97 Å². The Morgan fingerprint density at radius 1 is 1.17 bits per heavy atom. The van der Waals surface area contributed by atoms with Gasteiger partial charge >= 0.3 is 0 Å². The van der Waals surface area contributed by atoms with Crippen molar-refractivity contribution in [3.63, 3.8) is 0 Å². The highest BCUT2D eigenvalue weighted by molar-refractivity contribution is 6.67. The number of hydrogen-bond donors (Lipinski definition) is 1. The maximum atomic E-state index is 10.9. The molecule has 0 amide bonds. The Kier molecular flexibility index (Phi) is 5.34. The predicted molar refractivity (Wildman–Crippen MR) is 74.2 cm³/mol. The van der Waals surface area contributed by atoms with E-state index in [1.54, 1.807) is 30.3 Å². The molecule has 2 rings (SSSR count). The molecule has 0 fully saturated rings. The van der Waals surface area contributed by atoms with Crippen molar-refractivity contribution in [3.8, 4) is 0 Å². The van der Waals surface area contributed by atoms with E-state index in [0.29, 0.717) is 16.5 Å². The first-order valence-corrected chi connectivity index (χ1v) is 5.45. The number of halogens is 3. The number of rotatable bonds is 3. The molecule has 0 radical (unpaired) electrons. The van der Waals surface area contributed by atoms with E-state index in [1.165, 1.54) is 6.33 Å². The molecular formula is C11H8Cl3N3O. The molecule has 4 nitrogen and oxygen atoms in total. The molecule has 0 spiro atoms. The summed E-state index contributed by atoms with van der Waals surface area (Å²) in [6.45, 7) is 0. The molecule has 2 aromatic rings. The Labute approximate surface area is 120 Å². The average molecular weight is 305 g/mol. The minimum atomic E-state index is -0.485. The third-order valence-corrected chi connectivity index (χ3v) is 2.44. The van der Waals surface area contributed by atoms with Gasteiger partial charge in [-0.3, -0.25) is 4.79 Å². The Morgan fingerprint density at radius 3 is 2.39 bits per heavy atom. The molecule has 0 bridgehead atoms. The summed E-state index contributed by atoms with van der Waals surface area (Å²) in [6.07, 6.45) is 1.36. The van der Waals surface area contributed by atoms with Crippen LogP contribution in [0.15, 0.2) is 36.7 Å². The summed E-state index contributed by atoms with van der Waals surface area (Å²) in [6, 6.07) is 8.31.